The molecule has 2 heterocycles. The minimum Gasteiger partial charge on any atom is -0.390 e. The molecule has 0 saturated heterocycles. The van der Waals surface area contributed by atoms with Crippen LogP contribution < -0.4 is 5.32 Å². The lowest BCUT2D eigenvalue weighted by Gasteiger charge is -2.18. The molecule has 2 unspecified atom stereocenters. The molecule has 2 fully saturated rings. The van der Waals surface area contributed by atoms with Gasteiger partial charge in [0.2, 0.25) is 5.28 Å². The van der Waals surface area contributed by atoms with Crippen molar-refractivity contribution in [3.63, 3.8) is 0 Å². The molecule has 0 radical (unpaired) electrons. The third-order valence-electron chi connectivity index (χ3n) is 6.61. The number of rotatable bonds is 8. The summed E-state index contributed by atoms with van der Waals surface area (Å²) in [5.74, 6) is -1.07. The second-order valence-electron chi connectivity index (χ2n) is 9.17. The molecule has 0 amide bonds. The molecule has 14 nitrogen and oxygen atoms in total. The van der Waals surface area contributed by atoms with Gasteiger partial charge in [-0.05, 0) is 36.1 Å². The minimum absolute atomic E-state index is 0.0678. The van der Waals surface area contributed by atoms with Gasteiger partial charge < -0.3 is 34.7 Å². The average molecular weight is 595 g/mol. The van der Waals surface area contributed by atoms with Gasteiger partial charge >= 0.3 is 15.2 Å². The summed E-state index contributed by atoms with van der Waals surface area (Å²) in [4.78, 5) is 36.3. The van der Waals surface area contributed by atoms with Crippen LogP contribution in [0.25, 0.3) is 11.2 Å². The molecule has 200 valence electrons. The van der Waals surface area contributed by atoms with Gasteiger partial charge in [0, 0.05) is 17.0 Å². The predicted molar refractivity (Wildman–Crippen MR) is 131 cm³/mol. The number of nitrogens with zero attached hydrogens (tertiary/aromatic N) is 5. The molecule has 1 aromatic carbocycles. The Morgan fingerprint density at radius 1 is 1.14 bits per heavy atom. The largest absolute Gasteiger partial charge is 0.390 e. The first-order chi connectivity index (χ1) is 17.3. The standard InChI is InChI=1S/C19H22Cl2N6O8P2/c20-10-4-2-1-3-9(10)7-22-16-13-17(24-18(21)23-16)27(26-25-13)11-5-19(15(29)14(11)28)6-12(19)35-37(33,34)8-36(30,31)32/h1-4,11-12,14-15,28-29H,5-8H2,(H,33,34)(H,22,23,24)(H2,30,31,32)/t11-,12-,14+,15+,19?/m1/s1. The Morgan fingerprint density at radius 3 is 2.57 bits per heavy atom. The Balaban J connectivity index is 1.38. The maximum Gasteiger partial charge on any atom is 0.340 e. The highest BCUT2D eigenvalue weighted by molar-refractivity contribution is 7.70. The fourth-order valence-electron chi connectivity index (χ4n) is 4.80. The first kappa shape index (κ1) is 26.9. The highest BCUT2D eigenvalue weighted by Gasteiger charge is 2.69. The number of aromatic nitrogens is 5. The number of benzene rings is 1. The van der Waals surface area contributed by atoms with E-state index in [4.69, 9.17) is 37.5 Å². The molecule has 6 atom stereocenters. The lowest BCUT2D eigenvalue weighted by molar-refractivity contribution is -0.00896. The molecule has 0 bridgehead atoms. The van der Waals surface area contributed by atoms with Crippen LogP contribution in [0.1, 0.15) is 24.4 Å². The van der Waals surface area contributed by atoms with E-state index in [1.807, 2.05) is 12.1 Å². The summed E-state index contributed by atoms with van der Waals surface area (Å²) >= 11 is 12.4. The number of fused-ring (bicyclic) bond motifs is 1. The van der Waals surface area contributed by atoms with Crippen molar-refractivity contribution in [1.82, 2.24) is 25.0 Å². The number of aliphatic hydroxyl groups is 2. The second kappa shape index (κ2) is 9.49. The zero-order chi connectivity index (χ0) is 26.8. The topological polar surface area (TPSA) is 213 Å². The number of hydrogen-bond acceptors (Lipinski definition) is 10. The summed E-state index contributed by atoms with van der Waals surface area (Å²) in [7, 11) is -9.46. The third kappa shape index (κ3) is 5.28. The predicted octanol–water partition coefficient (Wildman–Crippen LogP) is 1.90. The Morgan fingerprint density at radius 2 is 1.86 bits per heavy atom. The van der Waals surface area contributed by atoms with Crippen molar-refractivity contribution in [3.8, 4) is 0 Å². The van der Waals surface area contributed by atoms with Crippen LogP contribution in [-0.4, -0.2) is 74.1 Å². The number of aliphatic hydroxyl groups excluding tert-OH is 2. The van der Waals surface area contributed by atoms with Gasteiger partial charge in [0.1, 0.15) is 6.10 Å². The molecule has 6 N–H and O–H groups in total. The van der Waals surface area contributed by atoms with Crippen LogP contribution >= 0.6 is 38.4 Å². The van der Waals surface area contributed by atoms with E-state index in [1.54, 1.807) is 12.1 Å². The molecule has 3 aromatic rings. The number of anilines is 1. The second-order valence-corrected chi connectivity index (χ2v) is 13.9. The molecule has 37 heavy (non-hydrogen) atoms. The highest BCUT2D eigenvalue weighted by atomic mass is 35.5. The van der Waals surface area contributed by atoms with E-state index in [-0.39, 0.29) is 35.1 Å². The molecule has 0 aliphatic heterocycles. The van der Waals surface area contributed by atoms with Crippen LogP contribution in [0.5, 0.6) is 0 Å². The smallest absolute Gasteiger partial charge is 0.340 e. The van der Waals surface area contributed by atoms with E-state index in [1.165, 1.54) is 4.68 Å². The minimum atomic E-state index is -4.82. The zero-order valence-electron chi connectivity index (χ0n) is 18.8. The fourth-order valence-corrected chi connectivity index (χ4v) is 7.98. The Hall–Kier alpha value is -1.70. The fraction of sp³-hybridized carbons (Fsp3) is 0.474. The number of halogens is 2. The number of hydrogen-bond donors (Lipinski definition) is 6. The molecule has 18 heteroatoms. The summed E-state index contributed by atoms with van der Waals surface area (Å²) in [6.45, 7) is 0.303. The third-order valence-corrected chi connectivity index (χ3v) is 10.6. The summed E-state index contributed by atoms with van der Waals surface area (Å²) in [6, 6.07) is 6.37. The van der Waals surface area contributed by atoms with Crippen molar-refractivity contribution in [3.05, 3.63) is 40.1 Å². The Labute approximate surface area is 219 Å². The maximum absolute atomic E-state index is 12.2. The zero-order valence-corrected chi connectivity index (χ0v) is 22.1. The molecule has 2 aliphatic carbocycles. The van der Waals surface area contributed by atoms with Crippen LogP contribution in [0, 0.1) is 5.41 Å². The van der Waals surface area contributed by atoms with Crippen molar-refractivity contribution in [1.29, 1.82) is 0 Å². The van der Waals surface area contributed by atoms with Crippen LogP contribution in [0.3, 0.4) is 0 Å². The Kier molecular flexibility index (Phi) is 6.90. The van der Waals surface area contributed by atoms with Gasteiger partial charge in [-0.2, -0.15) is 9.97 Å². The van der Waals surface area contributed by atoms with Crippen molar-refractivity contribution >= 4 is 55.4 Å². The van der Waals surface area contributed by atoms with E-state index >= 15 is 0 Å². The molecular weight excluding hydrogens is 573 g/mol. The number of nitrogens with one attached hydrogen (secondary N) is 1. The first-order valence-corrected chi connectivity index (χ1v) is 15.3. The normalized spacial score (nSPS) is 29.1. The van der Waals surface area contributed by atoms with Crippen molar-refractivity contribution < 1.29 is 38.5 Å². The lowest BCUT2D eigenvalue weighted by Crippen LogP contribution is -2.31. The van der Waals surface area contributed by atoms with Gasteiger partial charge in [0.15, 0.2) is 22.9 Å². The lowest BCUT2D eigenvalue weighted by atomic mass is 10.0. The summed E-state index contributed by atoms with van der Waals surface area (Å²) in [6.07, 6.45) is -3.57. The van der Waals surface area contributed by atoms with Crippen molar-refractivity contribution in [2.24, 2.45) is 5.41 Å². The van der Waals surface area contributed by atoms with Gasteiger partial charge in [-0.25, -0.2) is 4.68 Å². The summed E-state index contributed by atoms with van der Waals surface area (Å²) < 4.78 is 29.7. The van der Waals surface area contributed by atoms with E-state index in [9.17, 15) is 24.2 Å². The van der Waals surface area contributed by atoms with E-state index in [0.29, 0.717) is 11.6 Å². The monoisotopic (exact) mass is 594 g/mol. The van der Waals surface area contributed by atoms with Crippen LogP contribution in [0.15, 0.2) is 24.3 Å². The summed E-state index contributed by atoms with van der Waals surface area (Å²) in [5.41, 5.74) is 0.124. The highest BCUT2D eigenvalue weighted by Crippen LogP contribution is 2.67. The van der Waals surface area contributed by atoms with Crippen LogP contribution in [0.2, 0.25) is 10.3 Å². The molecule has 1 spiro atoms. The molecular formula is C19H22Cl2N6O8P2. The SMILES string of the molecule is O=P(O)(O)CP(=O)(O)O[C@@H]1CC12C[C@@H](n1nnc3c(NCc4ccccc4Cl)nc(Cl)nc31)[C@H](O)[C@@H]2O. The van der Waals surface area contributed by atoms with Crippen molar-refractivity contribution in [2.45, 2.75) is 43.7 Å². The van der Waals surface area contributed by atoms with E-state index in [0.717, 1.165) is 5.56 Å². The first-order valence-electron chi connectivity index (χ1n) is 11.0. The quantitative estimate of drug-likeness (QED) is 0.162. The van der Waals surface area contributed by atoms with Crippen LogP contribution in [0.4, 0.5) is 5.82 Å². The maximum atomic E-state index is 12.2. The van der Waals surface area contributed by atoms with Gasteiger partial charge in [-0.3, -0.25) is 9.13 Å². The molecule has 2 saturated carbocycles. The van der Waals surface area contributed by atoms with E-state index in [2.05, 4.69) is 25.6 Å². The van der Waals surface area contributed by atoms with Gasteiger partial charge in [0.25, 0.3) is 0 Å². The van der Waals surface area contributed by atoms with Gasteiger partial charge in [-0.15, -0.1) is 5.10 Å². The average Bonchev–Trinajstić information content (AvgIpc) is 3.18. The van der Waals surface area contributed by atoms with Gasteiger partial charge in [-0.1, -0.05) is 35.0 Å². The molecule has 2 aliphatic rings. The summed E-state index contributed by atoms with van der Waals surface area (Å²) in [5, 5.41) is 33.4. The van der Waals surface area contributed by atoms with Gasteiger partial charge in [0.05, 0.1) is 18.2 Å². The van der Waals surface area contributed by atoms with Crippen LogP contribution in [-0.2, 0) is 20.2 Å². The van der Waals surface area contributed by atoms with Crippen molar-refractivity contribution in [2.75, 3.05) is 11.2 Å². The Bertz CT molecular complexity index is 1460. The molecule has 5 rings (SSSR count). The molecule has 2 aromatic heterocycles. The van der Waals surface area contributed by atoms with E-state index < -0.39 is 50.9 Å².